The summed E-state index contributed by atoms with van der Waals surface area (Å²) in [5.41, 5.74) is 7.24. The van der Waals surface area contributed by atoms with Crippen LogP contribution in [0, 0.1) is 0 Å². The summed E-state index contributed by atoms with van der Waals surface area (Å²) in [5, 5.41) is 0.875. The number of thioether (sulfide) groups is 1. The van der Waals surface area contributed by atoms with Crippen molar-refractivity contribution in [1.82, 2.24) is 9.97 Å². The summed E-state index contributed by atoms with van der Waals surface area (Å²) in [4.78, 5) is 8.25. The van der Waals surface area contributed by atoms with Gasteiger partial charge >= 0.3 is 0 Å². The Morgan fingerprint density at radius 1 is 1.20 bits per heavy atom. The fraction of sp³-hybridized carbons (Fsp3) is 0.286. The molecule has 0 bridgehead atoms. The second-order valence-electron chi connectivity index (χ2n) is 4.36. The van der Waals surface area contributed by atoms with Crippen LogP contribution < -0.4 is 15.2 Å². The van der Waals surface area contributed by atoms with Crippen LogP contribution in [0.15, 0.2) is 41.8 Å². The van der Waals surface area contributed by atoms with Gasteiger partial charge in [-0.15, -0.1) is 11.8 Å². The highest BCUT2D eigenvalue weighted by atomic mass is 32.2. The van der Waals surface area contributed by atoms with E-state index in [9.17, 15) is 0 Å². The number of fused-ring (bicyclic) bond motifs is 1. The van der Waals surface area contributed by atoms with Crippen molar-refractivity contribution in [2.75, 3.05) is 19.0 Å². The van der Waals surface area contributed by atoms with E-state index in [1.54, 1.807) is 30.4 Å². The number of aromatic nitrogens is 2. The van der Waals surface area contributed by atoms with Crippen molar-refractivity contribution < 1.29 is 9.47 Å². The molecule has 0 saturated carbocycles. The zero-order chi connectivity index (χ0) is 13.8. The highest BCUT2D eigenvalue weighted by Gasteiger charge is 2.15. The lowest BCUT2D eigenvalue weighted by molar-refractivity contribution is 0.171. The minimum atomic E-state index is -0.0853. The summed E-state index contributed by atoms with van der Waals surface area (Å²) in [6, 6.07) is 5.76. The number of benzene rings is 1. The number of nitrogens with zero attached hydrogens (tertiary/aromatic N) is 2. The molecule has 0 radical (unpaired) electrons. The summed E-state index contributed by atoms with van der Waals surface area (Å²) in [6.07, 6.45) is 5.07. The molecule has 1 atom stereocenters. The molecule has 3 rings (SSSR count). The van der Waals surface area contributed by atoms with Gasteiger partial charge in [0.1, 0.15) is 18.2 Å². The van der Waals surface area contributed by atoms with Gasteiger partial charge in [0.25, 0.3) is 0 Å². The van der Waals surface area contributed by atoms with Crippen LogP contribution in [0.5, 0.6) is 11.5 Å². The van der Waals surface area contributed by atoms with Gasteiger partial charge in [-0.2, -0.15) is 0 Å². The van der Waals surface area contributed by atoms with E-state index in [1.807, 2.05) is 18.2 Å². The third-order valence-corrected chi connectivity index (χ3v) is 3.98. The number of hydrogen-bond donors (Lipinski definition) is 1. The molecule has 20 heavy (non-hydrogen) atoms. The van der Waals surface area contributed by atoms with E-state index in [2.05, 4.69) is 9.97 Å². The molecule has 1 unspecified atom stereocenters. The summed E-state index contributed by atoms with van der Waals surface area (Å²) in [5.74, 6) is 2.29. The van der Waals surface area contributed by atoms with Crippen molar-refractivity contribution in [3.63, 3.8) is 0 Å². The lowest BCUT2D eigenvalue weighted by atomic mass is 10.1. The average molecular weight is 289 g/mol. The maximum atomic E-state index is 6.21. The maximum absolute atomic E-state index is 6.21. The zero-order valence-corrected chi connectivity index (χ0v) is 11.7. The Hall–Kier alpha value is -1.79. The molecule has 1 aliphatic rings. The first-order valence-corrected chi connectivity index (χ1v) is 7.35. The minimum Gasteiger partial charge on any atom is -0.486 e. The van der Waals surface area contributed by atoms with Crippen molar-refractivity contribution in [3.05, 3.63) is 42.4 Å². The largest absolute Gasteiger partial charge is 0.486 e. The number of rotatable bonds is 4. The van der Waals surface area contributed by atoms with Crippen LogP contribution in [0.1, 0.15) is 11.6 Å². The van der Waals surface area contributed by atoms with Crippen LogP contribution >= 0.6 is 11.8 Å². The van der Waals surface area contributed by atoms with Crippen LogP contribution in [0.2, 0.25) is 0 Å². The minimum absolute atomic E-state index is 0.0853. The van der Waals surface area contributed by atoms with E-state index in [0.29, 0.717) is 13.2 Å². The fourth-order valence-electron chi connectivity index (χ4n) is 1.92. The monoisotopic (exact) mass is 289 g/mol. The Morgan fingerprint density at radius 2 is 2.05 bits per heavy atom. The third kappa shape index (κ3) is 3.02. The van der Waals surface area contributed by atoms with Gasteiger partial charge in [0, 0.05) is 24.2 Å². The van der Waals surface area contributed by atoms with Crippen molar-refractivity contribution >= 4 is 11.8 Å². The summed E-state index contributed by atoms with van der Waals surface area (Å²) in [6.45, 7) is 1.18. The summed E-state index contributed by atoms with van der Waals surface area (Å²) in [7, 11) is 0. The molecule has 1 aromatic heterocycles. The van der Waals surface area contributed by atoms with Gasteiger partial charge in [-0.3, -0.25) is 4.98 Å². The molecule has 104 valence electrons. The molecule has 0 amide bonds. The molecular weight excluding hydrogens is 274 g/mol. The Labute approximate surface area is 121 Å². The second kappa shape index (κ2) is 6.11. The average Bonchev–Trinajstić information content (AvgIpc) is 2.53. The van der Waals surface area contributed by atoms with Gasteiger partial charge in [0.2, 0.25) is 0 Å². The molecule has 0 spiro atoms. The van der Waals surface area contributed by atoms with Gasteiger partial charge in [-0.25, -0.2) is 4.98 Å². The molecule has 2 heterocycles. The maximum Gasteiger partial charge on any atom is 0.161 e. The molecule has 0 aliphatic carbocycles. The number of hydrogen-bond acceptors (Lipinski definition) is 6. The number of nitrogens with two attached hydrogens (primary N) is 1. The standard InChI is InChI=1S/C14H15N3O2S/c15-11(9-20-14-8-16-3-4-17-14)10-1-2-12-13(7-10)19-6-5-18-12/h1-4,7-8,11H,5-6,9,15H2. The Balaban J connectivity index is 1.66. The Kier molecular flexibility index (Phi) is 4.03. The molecule has 5 nitrogen and oxygen atoms in total. The van der Waals surface area contributed by atoms with E-state index in [4.69, 9.17) is 15.2 Å². The molecule has 0 fully saturated rings. The predicted molar refractivity (Wildman–Crippen MR) is 77.1 cm³/mol. The highest BCUT2D eigenvalue weighted by Crippen LogP contribution is 2.33. The van der Waals surface area contributed by atoms with Crippen molar-refractivity contribution in [2.45, 2.75) is 11.1 Å². The smallest absolute Gasteiger partial charge is 0.161 e. The number of ether oxygens (including phenoxy) is 2. The summed E-state index contributed by atoms with van der Waals surface area (Å²) < 4.78 is 11.1. The Bertz CT molecular complexity index is 580. The third-order valence-electron chi connectivity index (χ3n) is 2.94. The van der Waals surface area contributed by atoms with E-state index in [1.165, 1.54) is 0 Å². The first-order chi connectivity index (χ1) is 9.83. The Morgan fingerprint density at radius 3 is 2.85 bits per heavy atom. The SMILES string of the molecule is NC(CSc1cnccn1)c1ccc2c(c1)OCCO2. The molecular formula is C14H15N3O2S. The zero-order valence-electron chi connectivity index (χ0n) is 10.9. The molecule has 1 aliphatic heterocycles. The molecule has 0 saturated heterocycles. The second-order valence-corrected chi connectivity index (χ2v) is 5.40. The van der Waals surface area contributed by atoms with E-state index in [-0.39, 0.29) is 6.04 Å². The highest BCUT2D eigenvalue weighted by molar-refractivity contribution is 7.99. The topological polar surface area (TPSA) is 70.3 Å². The summed E-state index contributed by atoms with van der Waals surface area (Å²) >= 11 is 1.59. The van der Waals surface area contributed by atoms with Crippen LogP contribution in [-0.2, 0) is 0 Å². The first kappa shape index (κ1) is 13.2. The van der Waals surface area contributed by atoms with Crippen molar-refractivity contribution in [2.24, 2.45) is 5.73 Å². The quantitative estimate of drug-likeness (QED) is 0.869. The predicted octanol–water partition coefficient (Wildman–Crippen LogP) is 2.04. The molecule has 2 N–H and O–H groups in total. The van der Waals surface area contributed by atoms with E-state index < -0.39 is 0 Å². The van der Waals surface area contributed by atoms with Crippen LogP contribution in [0.4, 0.5) is 0 Å². The van der Waals surface area contributed by atoms with Crippen molar-refractivity contribution in [3.8, 4) is 11.5 Å². The lowest BCUT2D eigenvalue weighted by Crippen LogP contribution is -2.17. The van der Waals surface area contributed by atoms with Gasteiger partial charge in [-0.05, 0) is 17.7 Å². The van der Waals surface area contributed by atoms with Crippen LogP contribution in [0.25, 0.3) is 0 Å². The van der Waals surface area contributed by atoms with Gasteiger partial charge < -0.3 is 15.2 Å². The first-order valence-electron chi connectivity index (χ1n) is 6.37. The van der Waals surface area contributed by atoms with Gasteiger partial charge in [0.05, 0.1) is 6.20 Å². The molecule has 2 aromatic rings. The van der Waals surface area contributed by atoms with Crippen LogP contribution in [0.3, 0.4) is 0 Å². The van der Waals surface area contributed by atoms with Gasteiger partial charge in [0.15, 0.2) is 11.5 Å². The molecule has 1 aromatic carbocycles. The van der Waals surface area contributed by atoms with Crippen molar-refractivity contribution in [1.29, 1.82) is 0 Å². The molecule has 6 heteroatoms. The van der Waals surface area contributed by atoms with Crippen LogP contribution in [-0.4, -0.2) is 28.9 Å². The van der Waals surface area contributed by atoms with Gasteiger partial charge in [-0.1, -0.05) is 6.07 Å². The van der Waals surface area contributed by atoms with E-state index in [0.717, 1.165) is 27.8 Å². The lowest BCUT2D eigenvalue weighted by Gasteiger charge is -2.20. The normalized spacial score (nSPS) is 14.8. The fourth-order valence-corrected chi connectivity index (χ4v) is 2.74. The van der Waals surface area contributed by atoms with E-state index >= 15 is 0 Å².